The normalized spacial score (nSPS) is 28.4. The van der Waals surface area contributed by atoms with Gasteiger partial charge in [0.05, 0.1) is 0 Å². The third kappa shape index (κ3) is 2.84. The van der Waals surface area contributed by atoms with Gasteiger partial charge in [0.25, 0.3) is 0 Å². The third-order valence-electron chi connectivity index (χ3n) is 3.71. The maximum atomic E-state index is 3.69. The molecule has 1 aromatic heterocycles. The van der Waals surface area contributed by atoms with Crippen molar-refractivity contribution < 1.29 is 0 Å². The van der Waals surface area contributed by atoms with Crippen LogP contribution < -0.4 is 5.32 Å². The minimum absolute atomic E-state index is 0.632. The number of likely N-dealkylation sites (N-methyl/N-ethyl adjacent to an activating group) is 1. The van der Waals surface area contributed by atoms with Gasteiger partial charge < -0.3 is 10.2 Å². The van der Waals surface area contributed by atoms with Crippen LogP contribution in [0.2, 0.25) is 0 Å². The van der Waals surface area contributed by atoms with Crippen molar-refractivity contribution in [2.45, 2.75) is 38.3 Å². The van der Waals surface area contributed by atoms with Crippen molar-refractivity contribution in [3.8, 4) is 0 Å². The standard InChI is InChI=1S/C13H22N2S/c1-10(12-4-5-16-9-12)7-14-13-6-11(2)15(3)8-13/h4-5,9-11,13-14H,6-8H2,1-3H3. The van der Waals surface area contributed by atoms with Gasteiger partial charge in [0.1, 0.15) is 0 Å². The Morgan fingerprint density at radius 3 is 3.00 bits per heavy atom. The zero-order valence-electron chi connectivity index (χ0n) is 10.4. The summed E-state index contributed by atoms with van der Waals surface area (Å²) < 4.78 is 0. The van der Waals surface area contributed by atoms with Crippen LogP contribution in [-0.4, -0.2) is 37.1 Å². The van der Waals surface area contributed by atoms with Crippen molar-refractivity contribution >= 4 is 11.3 Å². The lowest BCUT2D eigenvalue weighted by atomic mass is 10.0. The average Bonchev–Trinajstić information content (AvgIpc) is 2.86. The minimum Gasteiger partial charge on any atom is -0.312 e. The summed E-state index contributed by atoms with van der Waals surface area (Å²) in [5.41, 5.74) is 1.47. The summed E-state index contributed by atoms with van der Waals surface area (Å²) in [4.78, 5) is 2.44. The van der Waals surface area contributed by atoms with Gasteiger partial charge in [-0.3, -0.25) is 0 Å². The summed E-state index contributed by atoms with van der Waals surface area (Å²) in [7, 11) is 2.22. The van der Waals surface area contributed by atoms with Crippen molar-refractivity contribution in [1.29, 1.82) is 0 Å². The molecule has 0 aliphatic carbocycles. The number of hydrogen-bond acceptors (Lipinski definition) is 3. The number of rotatable bonds is 4. The van der Waals surface area contributed by atoms with Crippen molar-refractivity contribution in [3.63, 3.8) is 0 Å². The molecule has 1 aliphatic rings. The molecule has 16 heavy (non-hydrogen) atoms. The van der Waals surface area contributed by atoms with Crippen LogP contribution in [0, 0.1) is 0 Å². The molecule has 0 aromatic carbocycles. The monoisotopic (exact) mass is 238 g/mol. The fourth-order valence-electron chi connectivity index (χ4n) is 2.36. The maximum absolute atomic E-state index is 3.69. The number of nitrogens with one attached hydrogen (secondary N) is 1. The first-order chi connectivity index (χ1) is 7.66. The summed E-state index contributed by atoms with van der Waals surface area (Å²) in [6.45, 7) is 6.90. The predicted octanol–water partition coefficient (Wildman–Crippen LogP) is 2.53. The molecule has 1 fully saturated rings. The van der Waals surface area contributed by atoms with E-state index in [0.717, 1.165) is 12.6 Å². The lowest BCUT2D eigenvalue weighted by Crippen LogP contribution is -2.34. The molecule has 2 heterocycles. The van der Waals surface area contributed by atoms with E-state index in [1.165, 1.54) is 18.5 Å². The Kier molecular flexibility index (Phi) is 4.00. The highest BCUT2D eigenvalue weighted by Gasteiger charge is 2.25. The average molecular weight is 238 g/mol. The molecule has 3 heteroatoms. The van der Waals surface area contributed by atoms with E-state index in [1.807, 2.05) is 0 Å². The molecule has 1 saturated heterocycles. The van der Waals surface area contributed by atoms with Gasteiger partial charge in [-0.15, -0.1) is 0 Å². The smallest absolute Gasteiger partial charge is 0.0210 e. The SMILES string of the molecule is CC(CNC1CC(C)N(C)C1)c1ccsc1. The predicted molar refractivity (Wildman–Crippen MR) is 71.2 cm³/mol. The highest BCUT2D eigenvalue weighted by Crippen LogP contribution is 2.19. The molecule has 1 N–H and O–H groups in total. The molecule has 1 aliphatic heterocycles. The largest absolute Gasteiger partial charge is 0.312 e. The van der Waals surface area contributed by atoms with E-state index in [1.54, 1.807) is 11.3 Å². The second-order valence-corrected chi connectivity index (χ2v) is 5.87. The fraction of sp³-hybridized carbons (Fsp3) is 0.692. The number of nitrogens with zero attached hydrogens (tertiary/aromatic N) is 1. The highest BCUT2D eigenvalue weighted by molar-refractivity contribution is 7.07. The van der Waals surface area contributed by atoms with Gasteiger partial charge in [-0.2, -0.15) is 11.3 Å². The van der Waals surface area contributed by atoms with Crippen molar-refractivity contribution in [3.05, 3.63) is 22.4 Å². The van der Waals surface area contributed by atoms with E-state index in [0.29, 0.717) is 12.0 Å². The molecular weight excluding hydrogens is 216 g/mol. The molecule has 3 atom stereocenters. The van der Waals surface area contributed by atoms with Crippen LogP contribution in [0.3, 0.4) is 0 Å². The topological polar surface area (TPSA) is 15.3 Å². The first kappa shape index (κ1) is 12.1. The maximum Gasteiger partial charge on any atom is 0.0210 e. The van der Waals surface area contributed by atoms with Crippen LogP contribution >= 0.6 is 11.3 Å². The second-order valence-electron chi connectivity index (χ2n) is 5.09. The Bertz CT molecular complexity index is 300. The molecule has 0 bridgehead atoms. The molecule has 2 nitrogen and oxygen atoms in total. The minimum atomic E-state index is 0.632. The zero-order valence-corrected chi connectivity index (χ0v) is 11.3. The van der Waals surface area contributed by atoms with Crippen LogP contribution in [0.5, 0.6) is 0 Å². The van der Waals surface area contributed by atoms with E-state index in [-0.39, 0.29) is 0 Å². The van der Waals surface area contributed by atoms with Crippen molar-refractivity contribution in [2.24, 2.45) is 0 Å². The Hall–Kier alpha value is -0.380. The fourth-order valence-corrected chi connectivity index (χ4v) is 3.14. The molecule has 0 radical (unpaired) electrons. The third-order valence-corrected chi connectivity index (χ3v) is 4.41. The van der Waals surface area contributed by atoms with Gasteiger partial charge in [0.15, 0.2) is 0 Å². The van der Waals surface area contributed by atoms with Gasteiger partial charge in [-0.05, 0) is 48.7 Å². The summed E-state index contributed by atoms with van der Waals surface area (Å²) in [5.74, 6) is 0.632. The van der Waals surface area contributed by atoms with E-state index in [2.05, 4.69) is 47.9 Å². The van der Waals surface area contributed by atoms with Gasteiger partial charge in [0.2, 0.25) is 0 Å². The zero-order chi connectivity index (χ0) is 11.5. The lowest BCUT2D eigenvalue weighted by Gasteiger charge is -2.16. The van der Waals surface area contributed by atoms with E-state index in [4.69, 9.17) is 0 Å². The number of hydrogen-bond donors (Lipinski definition) is 1. The molecule has 90 valence electrons. The second kappa shape index (κ2) is 5.30. The van der Waals surface area contributed by atoms with Gasteiger partial charge in [-0.25, -0.2) is 0 Å². The van der Waals surface area contributed by atoms with Crippen LogP contribution in [0.15, 0.2) is 16.8 Å². The summed E-state index contributed by atoms with van der Waals surface area (Å²) in [6.07, 6.45) is 1.28. The number of thiophene rings is 1. The Morgan fingerprint density at radius 2 is 2.44 bits per heavy atom. The van der Waals surface area contributed by atoms with E-state index >= 15 is 0 Å². The van der Waals surface area contributed by atoms with Crippen molar-refractivity contribution in [1.82, 2.24) is 10.2 Å². The van der Waals surface area contributed by atoms with E-state index < -0.39 is 0 Å². The Balaban J connectivity index is 1.76. The molecule has 0 saturated carbocycles. The van der Waals surface area contributed by atoms with Crippen molar-refractivity contribution in [2.75, 3.05) is 20.1 Å². The van der Waals surface area contributed by atoms with Crippen LogP contribution in [0.1, 0.15) is 31.7 Å². The molecule has 0 spiro atoms. The first-order valence-electron chi connectivity index (χ1n) is 6.12. The Labute approximate surface area is 103 Å². The van der Waals surface area contributed by atoms with Gasteiger partial charge >= 0.3 is 0 Å². The van der Waals surface area contributed by atoms with Crippen LogP contribution in [0.25, 0.3) is 0 Å². The molecule has 3 unspecified atom stereocenters. The van der Waals surface area contributed by atoms with Gasteiger partial charge in [0, 0.05) is 25.2 Å². The van der Waals surface area contributed by atoms with Gasteiger partial charge in [-0.1, -0.05) is 6.92 Å². The number of likely N-dealkylation sites (tertiary alicyclic amines) is 1. The quantitative estimate of drug-likeness (QED) is 0.867. The molecular formula is C13H22N2S. The van der Waals surface area contributed by atoms with Crippen LogP contribution in [-0.2, 0) is 0 Å². The van der Waals surface area contributed by atoms with E-state index in [9.17, 15) is 0 Å². The van der Waals surface area contributed by atoms with Crippen LogP contribution in [0.4, 0.5) is 0 Å². The summed E-state index contributed by atoms with van der Waals surface area (Å²) in [5, 5.41) is 8.12. The molecule has 0 amide bonds. The Morgan fingerprint density at radius 1 is 1.62 bits per heavy atom. The molecule has 2 rings (SSSR count). The summed E-state index contributed by atoms with van der Waals surface area (Å²) in [6, 6.07) is 3.65. The highest BCUT2D eigenvalue weighted by atomic mass is 32.1. The first-order valence-corrected chi connectivity index (χ1v) is 7.07. The molecule has 1 aromatic rings. The summed E-state index contributed by atoms with van der Waals surface area (Å²) >= 11 is 1.79. The lowest BCUT2D eigenvalue weighted by molar-refractivity contribution is 0.326.